The minimum absolute atomic E-state index is 1.20. The van der Waals surface area contributed by atoms with Crippen molar-refractivity contribution < 1.29 is 4.57 Å². The molecule has 0 saturated heterocycles. The molecule has 0 aliphatic rings. The van der Waals surface area contributed by atoms with Crippen molar-refractivity contribution in [2.24, 2.45) is 0 Å². The molecule has 0 bridgehead atoms. The van der Waals surface area contributed by atoms with Gasteiger partial charge in [-0.05, 0) is 25.7 Å². The van der Waals surface area contributed by atoms with Crippen LogP contribution in [0.1, 0.15) is 199 Å². The van der Waals surface area contributed by atoms with Gasteiger partial charge in [0.05, 0.1) is 13.1 Å². The van der Waals surface area contributed by atoms with Gasteiger partial charge < -0.3 is 0 Å². The van der Waals surface area contributed by atoms with E-state index in [-0.39, 0.29) is 0 Å². The van der Waals surface area contributed by atoms with Gasteiger partial charge in [0.15, 0.2) is 0 Å². The summed E-state index contributed by atoms with van der Waals surface area (Å²) in [5.74, 6) is 1.45. The molecule has 2 nitrogen and oxygen atoms in total. The third-order valence-corrected chi connectivity index (χ3v) is 8.76. The number of imidazole rings is 1. The molecule has 0 aliphatic heterocycles. The van der Waals surface area contributed by atoms with E-state index in [1.807, 2.05) is 0 Å². The van der Waals surface area contributed by atoms with Crippen LogP contribution < -0.4 is 4.57 Å². The Morgan fingerprint density at radius 2 is 0.763 bits per heavy atom. The van der Waals surface area contributed by atoms with Gasteiger partial charge >= 0.3 is 0 Å². The number of rotatable bonds is 30. The van der Waals surface area contributed by atoms with E-state index in [0.717, 1.165) is 0 Å². The van der Waals surface area contributed by atoms with Crippen LogP contribution in [0.3, 0.4) is 0 Å². The molecule has 0 spiro atoms. The normalized spacial score (nSPS) is 11.6. The Labute approximate surface area is 240 Å². The number of aryl methyl sites for hydroxylation is 2. The van der Waals surface area contributed by atoms with E-state index in [2.05, 4.69) is 42.3 Å². The van der Waals surface area contributed by atoms with Gasteiger partial charge in [-0.25, -0.2) is 9.13 Å². The van der Waals surface area contributed by atoms with Crippen molar-refractivity contribution in [2.45, 2.75) is 214 Å². The maximum atomic E-state index is 2.49. The molecule has 38 heavy (non-hydrogen) atoms. The summed E-state index contributed by atoms with van der Waals surface area (Å²) < 4.78 is 4.98. The van der Waals surface area contributed by atoms with E-state index in [0.29, 0.717) is 0 Å². The Hall–Kier alpha value is -0.790. The van der Waals surface area contributed by atoms with E-state index in [1.54, 1.807) is 0 Å². The van der Waals surface area contributed by atoms with E-state index < -0.39 is 0 Å². The maximum absolute atomic E-state index is 2.49. The molecule has 1 rings (SSSR count). The van der Waals surface area contributed by atoms with Crippen LogP contribution in [0.25, 0.3) is 0 Å². The lowest BCUT2D eigenvalue weighted by Crippen LogP contribution is -2.35. The average molecular weight is 532 g/mol. The zero-order chi connectivity index (χ0) is 27.4. The standard InChI is InChI=1S/C36H71N2/c1-4-6-8-10-12-14-16-18-19-20-21-23-25-27-29-31-33-38-35-34-37(36(38)3)32-30-28-26-24-22-17-15-13-11-9-7-5-2/h34-35H,4-33H2,1-3H3/q+1. The van der Waals surface area contributed by atoms with E-state index in [1.165, 1.54) is 199 Å². The largest absolute Gasteiger partial charge is 0.253 e. The third-order valence-electron chi connectivity index (χ3n) is 8.76. The second-order valence-corrected chi connectivity index (χ2v) is 12.4. The van der Waals surface area contributed by atoms with Gasteiger partial charge in [0.25, 0.3) is 5.82 Å². The summed E-state index contributed by atoms with van der Waals surface area (Å²) in [6.07, 6.45) is 44.9. The van der Waals surface area contributed by atoms with Crippen LogP contribution in [0.5, 0.6) is 0 Å². The lowest BCUT2D eigenvalue weighted by Gasteiger charge is -2.04. The fraction of sp³-hybridized carbons (Fsp3) is 0.917. The summed E-state index contributed by atoms with van der Waals surface area (Å²) >= 11 is 0. The number of aromatic nitrogens is 2. The highest BCUT2D eigenvalue weighted by Gasteiger charge is 2.11. The molecule has 0 atom stereocenters. The van der Waals surface area contributed by atoms with E-state index >= 15 is 0 Å². The molecule has 2 heteroatoms. The number of hydrogen-bond acceptors (Lipinski definition) is 0. The fourth-order valence-electron chi connectivity index (χ4n) is 5.97. The summed E-state index contributed by atoms with van der Waals surface area (Å²) in [7, 11) is 0. The van der Waals surface area contributed by atoms with Gasteiger partial charge in [0.2, 0.25) is 0 Å². The summed E-state index contributed by atoms with van der Waals surface area (Å²) in [4.78, 5) is 0. The molecule has 0 radical (unpaired) electrons. The molecule has 0 aromatic carbocycles. The Kier molecular flexibility index (Phi) is 25.7. The molecule has 0 fully saturated rings. The first-order chi connectivity index (χ1) is 18.8. The van der Waals surface area contributed by atoms with Gasteiger partial charge in [0, 0.05) is 6.92 Å². The summed E-state index contributed by atoms with van der Waals surface area (Å²) in [6.45, 7) is 9.33. The highest BCUT2D eigenvalue weighted by molar-refractivity contribution is 4.79. The molecule has 0 N–H and O–H groups in total. The Morgan fingerprint density at radius 3 is 1.13 bits per heavy atom. The second-order valence-electron chi connectivity index (χ2n) is 12.4. The topological polar surface area (TPSA) is 8.81 Å². The summed E-state index contributed by atoms with van der Waals surface area (Å²) in [5.41, 5.74) is 0. The first-order valence-electron chi connectivity index (χ1n) is 17.8. The van der Waals surface area contributed by atoms with Crippen molar-refractivity contribution in [1.29, 1.82) is 0 Å². The first kappa shape index (κ1) is 35.2. The second kappa shape index (κ2) is 27.8. The average Bonchev–Trinajstić information content (AvgIpc) is 3.27. The quantitative estimate of drug-likeness (QED) is 0.0689. The summed E-state index contributed by atoms with van der Waals surface area (Å²) in [5, 5.41) is 0. The highest BCUT2D eigenvalue weighted by atomic mass is 15.1. The maximum Gasteiger partial charge on any atom is 0.253 e. The lowest BCUT2D eigenvalue weighted by molar-refractivity contribution is -0.702. The summed E-state index contributed by atoms with van der Waals surface area (Å²) in [6, 6.07) is 0. The lowest BCUT2D eigenvalue weighted by atomic mass is 10.0. The van der Waals surface area contributed by atoms with Crippen LogP contribution >= 0.6 is 0 Å². The minimum atomic E-state index is 1.20. The Morgan fingerprint density at radius 1 is 0.447 bits per heavy atom. The van der Waals surface area contributed by atoms with Crippen LogP contribution in [0.4, 0.5) is 0 Å². The van der Waals surface area contributed by atoms with Crippen molar-refractivity contribution in [3.8, 4) is 0 Å². The van der Waals surface area contributed by atoms with Crippen molar-refractivity contribution in [2.75, 3.05) is 0 Å². The predicted molar refractivity (Wildman–Crippen MR) is 170 cm³/mol. The number of nitrogens with zero attached hydrogens (tertiary/aromatic N) is 2. The van der Waals surface area contributed by atoms with Crippen molar-refractivity contribution in [3.05, 3.63) is 18.2 Å². The number of hydrogen-bond donors (Lipinski definition) is 0. The fourth-order valence-corrected chi connectivity index (χ4v) is 5.97. The number of unbranched alkanes of at least 4 members (excludes halogenated alkanes) is 26. The van der Waals surface area contributed by atoms with Gasteiger partial charge in [-0.2, -0.15) is 0 Å². The smallest absolute Gasteiger partial charge is 0.234 e. The van der Waals surface area contributed by atoms with Crippen LogP contribution in [0.2, 0.25) is 0 Å². The van der Waals surface area contributed by atoms with Gasteiger partial charge in [0.1, 0.15) is 12.4 Å². The van der Waals surface area contributed by atoms with E-state index in [4.69, 9.17) is 0 Å². The van der Waals surface area contributed by atoms with Gasteiger partial charge in [-0.15, -0.1) is 0 Å². The molecule has 1 aromatic rings. The van der Waals surface area contributed by atoms with Crippen LogP contribution in [0, 0.1) is 6.92 Å². The van der Waals surface area contributed by atoms with Crippen LogP contribution in [-0.4, -0.2) is 4.57 Å². The zero-order valence-corrected chi connectivity index (χ0v) is 26.8. The van der Waals surface area contributed by atoms with Crippen molar-refractivity contribution >= 4 is 0 Å². The first-order valence-corrected chi connectivity index (χ1v) is 17.8. The molecular weight excluding hydrogens is 460 g/mol. The van der Waals surface area contributed by atoms with E-state index in [9.17, 15) is 0 Å². The molecule has 1 aromatic heterocycles. The zero-order valence-electron chi connectivity index (χ0n) is 26.8. The molecular formula is C36H71N2+. The van der Waals surface area contributed by atoms with Crippen LogP contribution in [0.15, 0.2) is 12.4 Å². The highest BCUT2D eigenvalue weighted by Crippen LogP contribution is 2.15. The molecule has 0 aliphatic carbocycles. The molecule has 0 saturated carbocycles. The van der Waals surface area contributed by atoms with Gasteiger partial charge in [-0.1, -0.05) is 168 Å². The van der Waals surface area contributed by atoms with Gasteiger partial charge in [-0.3, -0.25) is 0 Å². The Bertz CT molecular complexity index is 590. The Balaban J connectivity index is 1.88. The third kappa shape index (κ3) is 21.1. The minimum Gasteiger partial charge on any atom is -0.234 e. The molecule has 0 amide bonds. The monoisotopic (exact) mass is 532 g/mol. The predicted octanol–water partition coefficient (Wildman–Crippen LogP) is 12.0. The molecule has 224 valence electrons. The molecule has 1 heterocycles. The van der Waals surface area contributed by atoms with Crippen LogP contribution in [-0.2, 0) is 13.1 Å². The van der Waals surface area contributed by atoms with Crippen molar-refractivity contribution in [1.82, 2.24) is 4.57 Å². The SMILES string of the molecule is CCCCCCCCCCCCCCCCCC[n+]1ccn(CCCCCCCCCCCCCC)c1C. The van der Waals surface area contributed by atoms with Crippen molar-refractivity contribution in [3.63, 3.8) is 0 Å². The molecule has 0 unspecified atom stereocenters.